The molecule has 27 heavy (non-hydrogen) atoms. The van der Waals surface area contributed by atoms with Crippen molar-refractivity contribution in [2.45, 2.75) is 0 Å². The van der Waals surface area contributed by atoms with Crippen molar-refractivity contribution < 1.29 is 42.7 Å². The third-order valence-electron chi connectivity index (χ3n) is 2.93. The molecule has 0 amide bonds. The van der Waals surface area contributed by atoms with Crippen molar-refractivity contribution in [1.29, 1.82) is 0 Å². The van der Waals surface area contributed by atoms with Gasteiger partial charge in [0.1, 0.15) is 6.61 Å². The summed E-state index contributed by atoms with van der Waals surface area (Å²) in [4.78, 5) is 10.8. The second-order valence-electron chi connectivity index (χ2n) is 5.04. The molecule has 0 unspecified atom stereocenters. The van der Waals surface area contributed by atoms with Gasteiger partial charge in [-0.2, -0.15) is 0 Å². The van der Waals surface area contributed by atoms with Crippen LogP contribution in [0.15, 0.2) is 12.7 Å². The predicted octanol–water partition coefficient (Wildman–Crippen LogP) is 0.462. The van der Waals surface area contributed by atoms with E-state index in [9.17, 15) is 4.79 Å². The van der Waals surface area contributed by atoms with Gasteiger partial charge in [0, 0.05) is 13.2 Å². The van der Waals surface area contributed by atoms with Crippen LogP contribution < -0.4 is 0 Å². The first-order valence-electron chi connectivity index (χ1n) is 9.05. The number of esters is 1. The zero-order valence-electron chi connectivity index (χ0n) is 16.4. The van der Waals surface area contributed by atoms with Crippen molar-refractivity contribution in [2.24, 2.45) is 0 Å². The lowest BCUT2D eigenvalue weighted by atomic mass is 10.6. The third-order valence-corrected chi connectivity index (χ3v) is 2.93. The first-order valence-corrected chi connectivity index (χ1v) is 9.05. The quantitative estimate of drug-likeness (QED) is 0.148. The molecule has 9 nitrogen and oxygen atoms in total. The van der Waals surface area contributed by atoms with E-state index in [2.05, 4.69) is 6.58 Å². The van der Waals surface area contributed by atoms with E-state index in [1.165, 1.54) is 0 Å². The Labute approximate surface area is 161 Å². The summed E-state index contributed by atoms with van der Waals surface area (Å²) < 4.78 is 41.5. The molecule has 0 saturated heterocycles. The molecule has 0 aliphatic rings. The molecule has 0 aromatic carbocycles. The molecule has 0 fully saturated rings. The molecule has 0 heterocycles. The monoisotopic (exact) mass is 394 g/mol. The van der Waals surface area contributed by atoms with Gasteiger partial charge in [-0.05, 0) is 0 Å². The molecule has 0 aromatic heterocycles. The summed E-state index contributed by atoms with van der Waals surface area (Å²) in [6.45, 7) is 10.1. The molecule has 0 aliphatic carbocycles. The third kappa shape index (κ3) is 22.9. The number of hydrogen-bond donors (Lipinski definition) is 0. The molecular formula is C18H34O9. The summed E-state index contributed by atoms with van der Waals surface area (Å²) in [5.74, 6) is -0.452. The van der Waals surface area contributed by atoms with Crippen molar-refractivity contribution in [3.05, 3.63) is 12.7 Å². The largest absolute Gasteiger partial charge is 0.460 e. The Hall–Kier alpha value is -1.07. The van der Waals surface area contributed by atoms with E-state index in [-0.39, 0.29) is 6.61 Å². The minimum Gasteiger partial charge on any atom is -0.460 e. The Balaban J connectivity index is 3.01. The first kappa shape index (κ1) is 25.9. The van der Waals surface area contributed by atoms with Gasteiger partial charge in [-0.25, -0.2) is 4.79 Å². The van der Waals surface area contributed by atoms with Gasteiger partial charge < -0.3 is 37.9 Å². The number of carbonyl (C=O) groups is 1. The smallest absolute Gasteiger partial charge is 0.330 e. The number of ether oxygens (including phenoxy) is 8. The fourth-order valence-corrected chi connectivity index (χ4v) is 1.60. The van der Waals surface area contributed by atoms with E-state index >= 15 is 0 Å². The van der Waals surface area contributed by atoms with E-state index in [0.717, 1.165) is 6.08 Å². The molecule has 0 aromatic rings. The Morgan fingerprint density at radius 2 is 0.889 bits per heavy atom. The van der Waals surface area contributed by atoms with Crippen LogP contribution in [0.2, 0.25) is 0 Å². The van der Waals surface area contributed by atoms with E-state index in [1.807, 2.05) is 0 Å². The Morgan fingerprint density at radius 1 is 0.593 bits per heavy atom. The van der Waals surface area contributed by atoms with E-state index in [1.54, 1.807) is 7.11 Å². The van der Waals surface area contributed by atoms with Crippen LogP contribution in [-0.2, 0) is 42.7 Å². The molecule has 0 aliphatic heterocycles. The van der Waals surface area contributed by atoms with Crippen LogP contribution in [0.3, 0.4) is 0 Å². The number of hydrogen-bond acceptors (Lipinski definition) is 9. The summed E-state index contributed by atoms with van der Waals surface area (Å²) in [5.41, 5.74) is 0. The van der Waals surface area contributed by atoms with Crippen LogP contribution in [0.1, 0.15) is 0 Å². The van der Waals surface area contributed by atoms with Gasteiger partial charge in [0.05, 0.1) is 85.9 Å². The Morgan fingerprint density at radius 3 is 1.19 bits per heavy atom. The fourth-order valence-electron chi connectivity index (χ4n) is 1.60. The molecule has 0 N–H and O–H groups in total. The highest BCUT2D eigenvalue weighted by atomic mass is 16.6. The van der Waals surface area contributed by atoms with Gasteiger partial charge in [-0.3, -0.25) is 0 Å². The molecular weight excluding hydrogens is 360 g/mol. The van der Waals surface area contributed by atoms with Gasteiger partial charge in [-0.15, -0.1) is 0 Å². The number of rotatable bonds is 22. The zero-order valence-corrected chi connectivity index (χ0v) is 16.4. The van der Waals surface area contributed by atoms with Gasteiger partial charge in [0.2, 0.25) is 0 Å². The second kappa shape index (κ2) is 23.0. The maximum atomic E-state index is 10.8. The second-order valence-corrected chi connectivity index (χ2v) is 5.04. The fraction of sp³-hybridized carbons (Fsp3) is 0.833. The summed E-state index contributed by atoms with van der Waals surface area (Å²) >= 11 is 0. The maximum absolute atomic E-state index is 10.8. The van der Waals surface area contributed by atoms with Crippen molar-refractivity contribution >= 4 is 5.97 Å². The van der Waals surface area contributed by atoms with Crippen molar-refractivity contribution in [3.63, 3.8) is 0 Å². The Bertz CT molecular complexity index is 326. The molecule has 0 atom stereocenters. The van der Waals surface area contributed by atoms with Gasteiger partial charge in [0.25, 0.3) is 0 Å². The van der Waals surface area contributed by atoms with E-state index < -0.39 is 5.97 Å². The van der Waals surface area contributed by atoms with Crippen LogP contribution in [-0.4, -0.2) is 106 Å². The summed E-state index contributed by atoms with van der Waals surface area (Å²) in [5, 5.41) is 0. The van der Waals surface area contributed by atoms with Crippen LogP contribution >= 0.6 is 0 Å². The van der Waals surface area contributed by atoms with Gasteiger partial charge in [-0.1, -0.05) is 6.58 Å². The molecule has 0 radical (unpaired) electrons. The summed E-state index contributed by atoms with van der Waals surface area (Å²) in [6.07, 6.45) is 1.12. The summed E-state index contributed by atoms with van der Waals surface area (Å²) in [6, 6.07) is 0. The van der Waals surface area contributed by atoms with Crippen LogP contribution in [0.5, 0.6) is 0 Å². The molecule has 0 bridgehead atoms. The minimum absolute atomic E-state index is 0.209. The van der Waals surface area contributed by atoms with Crippen LogP contribution in [0.25, 0.3) is 0 Å². The lowest BCUT2D eigenvalue weighted by molar-refractivity contribution is -0.139. The SMILES string of the molecule is C=CC(=O)OCCOCCOCCOCCOCCOCCOCCOC. The summed E-state index contributed by atoms with van der Waals surface area (Å²) in [7, 11) is 1.64. The average Bonchev–Trinajstić information content (AvgIpc) is 2.68. The molecule has 0 spiro atoms. The predicted molar refractivity (Wildman–Crippen MR) is 97.9 cm³/mol. The Kier molecular flexibility index (Phi) is 22.1. The molecule has 0 rings (SSSR count). The van der Waals surface area contributed by atoms with Crippen LogP contribution in [0, 0.1) is 0 Å². The average molecular weight is 394 g/mol. The lowest BCUT2D eigenvalue weighted by Gasteiger charge is -2.08. The van der Waals surface area contributed by atoms with E-state index in [0.29, 0.717) is 85.9 Å². The minimum atomic E-state index is -0.452. The maximum Gasteiger partial charge on any atom is 0.330 e. The molecule has 160 valence electrons. The van der Waals surface area contributed by atoms with Crippen molar-refractivity contribution in [2.75, 3.05) is 99.6 Å². The van der Waals surface area contributed by atoms with Crippen molar-refractivity contribution in [1.82, 2.24) is 0 Å². The zero-order chi connectivity index (χ0) is 19.8. The highest BCUT2D eigenvalue weighted by Crippen LogP contribution is 1.85. The van der Waals surface area contributed by atoms with E-state index in [4.69, 9.17) is 37.9 Å². The number of methoxy groups -OCH3 is 1. The molecule has 9 heteroatoms. The standard InChI is InChI=1S/C18H34O9/c1-3-18(19)27-17-16-26-15-14-25-13-12-24-11-10-23-9-8-22-7-6-21-5-4-20-2/h3H,1,4-17H2,2H3. The number of carbonyl (C=O) groups excluding carboxylic acids is 1. The van der Waals surface area contributed by atoms with Crippen molar-refractivity contribution in [3.8, 4) is 0 Å². The molecule has 0 saturated carbocycles. The van der Waals surface area contributed by atoms with Gasteiger partial charge >= 0.3 is 5.97 Å². The topological polar surface area (TPSA) is 90.9 Å². The normalized spacial score (nSPS) is 10.9. The first-order chi connectivity index (χ1) is 13.3. The van der Waals surface area contributed by atoms with Gasteiger partial charge in [0.15, 0.2) is 0 Å². The highest BCUT2D eigenvalue weighted by molar-refractivity contribution is 5.81. The lowest BCUT2D eigenvalue weighted by Crippen LogP contribution is -2.15. The van der Waals surface area contributed by atoms with Crippen LogP contribution in [0.4, 0.5) is 0 Å². The highest BCUT2D eigenvalue weighted by Gasteiger charge is 1.96.